The maximum absolute atomic E-state index is 12.9. The zero-order chi connectivity index (χ0) is 24.5. The molecule has 0 aliphatic carbocycles. The van der Waals surface area contributed by atoms with Gasteiger partial charge in [-0.2, -0.15) is 8.42 Å². The van der Waals surface area contributed by atoms with Gasteiger partial charge < -0.3 is 4.18 Å². The number of halogens is 1. The summed E-state index contributed by atoms with van der Waals surface area (Å²) in [5, 5.41) is 2.15. The van der Waals surface area contributed by atoms with Crippen LogP contribution >= 0.6 is 15.9 Å². The van der Waals surface area contributed by atoms with Crippen molar-refractivity contribution in [2.75, 3.05) is 4.90 Å². The number of para-hydroxylation sites is 1. The van der Waals surface area contributed by atoms with E-state index in [1.54, 1.807) is 42.5 Å². The Kier molecular flexibility index (Phi) is 6.36. The molecule has 8 nitrogen and oxygen atoms in total. The van der Waals surface area contributed by atoms with Gasteiger partial charge in [0.05, 0.1) is 10.2 Å². The number of nitrogens with one attached hydrogen (secondary N) is 1. The number of carbonyl (C=O) groups is 3. The Bertz CT molecular complexity index is 1430. The van der Waals surface area contributed by atoms with Crippen LogP contribution in [0.5, 0.6) is 5.75 Å². The van der Waals surface area contributed by atoms with Crippen molar-refractivity contribution >= 4 is 55.7 Å². The Morgan fingerprint density at radius 3 is 2.26 bits per heavy atom. The maximum Gasteiger partial charge on any atom is 0.339 e. The molecule has 3 aromatic carbocycles. The molecule has 3 aromatic rings. The van der Waals surface area contributed by atoms with Crippen LogP contribution in [0.3, 0.4) is 0 Å². The minimum Gasteiger partial charge on any atom is -0.378 e. The lowest BCUT2D eigenvalue weighted by molar-refractivity contribution is -0.122. The molecule has 1 heterocycles. The van der Waals surface area contributed by atoms with E-state index in [1.165, 1.54) is 36.4 Å². The van der Waals surface area contributed by atoms with E-state index in [9.17, 15) is 22.8 Å². The highest BCUT2D eigenvalue weighted by Gasteiger charge is 2.36. The van der Waals surface area contributed by atoms with Crippen LogP contribution in [0.2, 0.25) is 0 Å². The molecule has 0 spiro atoms. The molecule has 172 valence electrons. The van der Waals surface area contributed by atoms with Crippen molar-refractivity contribution in [1.29, 1.82) is 0 Å². The summed E-state index contributed by atoms with van der Waals surface area (Å²) in [7, 11) is -4.06. The van der Waals surface area contributed by atoms with Crippen molar-refractivity contribution in [3.63, 3.8) is 0 Å². The molecule has 0 atom stereocenters. The summed E-state index contributed by atoms with van der Waals surface area (Å²) in [6, 6.07) is 18.0. The normalized spacial score (nSPS) is 15.4. The number of aryl methyl sites for hydroxylation is 1. The van der Waals surface area contributed by atoms with Gasteiger partial charge in [0, 0.05) is 0 Å². The van der Waals surface area contributed by atoms with Crippen molar-refractivity contribution in [3.8, 4) is 5.75 Å². The molecule has 0 bridgehead atoms. The summed E-state index contributed by atoms with van der Waals surface area (Å²) in [4.78, 5) is 38.4. The highest BCUT2D eigenvalue weighted by molar-refractivity contribution is 9.10. The van der Waals surface area contributed by atoms with Gasteiger partial charge in [-0.05, 0) is 70.9 Å². The lowest BCUT2D eigenvalue weighted by Gasteiger charge is -2.26. The maximum atomic E-state index is 12.9. The quantitative estimate of drug-likeness (QED) is 0.295. The number of nitrogens with zero attached hydrogens (tertiary/aromatic N) is 1. The molecule has 0 unspecified atom stereocenters. The first kappa shape index (κ1) is 23.4. The third kappa shape index (κ3) is 4.78. The van der Waals surface area contributed by atoms with Crippen LogP contribution in [0.25, 0.3) is 6.08 Å². The summed E-state index contributed by atoms with van der Waals surface area (Å²) in [6.45, 7) is 1.84. The highest BCUT2D eigenvalue weighted by atomic mass is 79.9. The summed E-state index contributed by atoms with van der Waals surface area (Å²) in [6.07, 6.45) is 1.31. The van der Waals surface area contributed by atoms with E-state index in [2.05, 4.69) is 21.2 Å². The summed E-state index contributed by atoms with van der Waals surface area (Å²) in [5.74, 6) is -1.58. The van der Waals surface area contributed by atoms with Crippen LogP contribution in [0.1, 0.15) is 11.1 Å². The number of carbonyl (C=O) groups excluding carboxylic acids is 3. The number of imide groups is 2. The predicted octanol–water partition coefficient (Wildman–Crippen LogP) is 4.19. The second-order valence-corrected chi connectivity index (χ2v) is 9.73. The standard InChI is InChI=1S/C24H17BrN2O6S/c1-15-7-10-18(11-8-15)34(31,32)33-21-12-9-16(14-20(21)25)13-19-22(28)26-24(30)27(23(19)29)17-5-3-2-4-6-17/h2-14H,1H3,(H,26,28,30)/b19-13+. The zero-order valence-corrected chi connectivity index (χ0v) is 20.1. The molecule has 34 heavy (non-hydrogen) atoms. The van der Waals surface area contributed by atoms with E-state index in [1.807, 2.05) is 6.92 Å². The van der Waals surface area contributed by atoms with Gasteiger partial charge in [-0.15, -0.1) is 0 Å². The fourth-order valence-corrected chi connectivity index (χ4v) is 4.71. The van der Waals surface area contributed by atoms with Crippen molar-refractivity contribution in [1.82, 2.24) is 5.32 Å². The molecular formula is C24H17BrN2O6S. The lowest BCUT2D eigenvalue weighted by Crippen LogP contribution is -2.54. The van der Waals surface area contributed by atoms with Crippen molar-refractivity contribution < 1.29 is 27.0 Å². The molecular weight excluding hydrogens is 524 g/mol. The number of amides is 4. The van der Waals surface area contributed by atoms with Crippen LogP contribution in [0.4, 0.5) is 10.5 Å². The van der Waals surface area contributed by atoms with Gasteiger partial charge in [-0.1, -0.05) is 42.0 Å². The summed E-state index contributed by atoms with van der Waals surface area (Å²) >= 11 is 3.27. The molecule has 0 radical (unpaired) electrons. The first-order chi connectivity index (χ1) is 16.2. The number of rotatable bonds is 5. The Morgan fingerprint density at radius 2 is 1.62 bits per heavy atom. The molecule has 1 aliphatic heterocycles. The highest BCUT2D eigenvalue weighted by Crippen LogP contribution is 2.30. The molecule has 0 aromatic heterocycles. The fourth-order valence-electron chi connectivity index (χ4n) is 3.18. The number of hydrogen-bond acceptors (Lipinski definition) is 6. The molecule has 1 aliphatic rings. The zero-order valence-electron chi connectivity index (χ0n) is 17.7. The Hall–Kier alpha value is -3.76. The number of benzene rings is 3. The lowest BCUT2D eigenvalue weighted by atomic mass is 10.1. The largest absolute Gasteiger partial charge is 0.378 e. The minimum atomic E-state index is -4.06. The van der Waals surface area contributed by atoms with Crippen LogP contribution in [-0.2, 0) is 19.7 Å². The molecule has 0 saturated carbocycles. The number of barbiturate groups is 1. The molecule has 10 heteroatoms. The van der Waals surface area contributed by atoms with Crippen LogP contribution in [0, 0.1) is 6.92 Å². The topological polar surface area (TPSA) is 110 Å². The number of anilines is 1. The van der Waals surface area contributed by atoms with E-state index in [-0.39, 0.29) is 20.7 Å². The Morgan fingerprint density at radius 1 is 0.941 bits per heavy atom. The first-order valence-corrected chi connectivity index (χ1v) is 12.1. The second kappa shape index (κ2) is 9.24. The third-order valence-electron chi connectivity index (χ3n) is 4.89. The van der Waals surface area contributed by atoms with Crippen LogP contribution in [0.15, 0.2) is 87.7 Å². The van der Waals surface area contributed by atoms with Gasteiger partial charge in [0.15, 0.2) is 5.75 Å². The minimum absolute atomic E-state index is 0.00587. The van der Waals surface area contributed by atoms with E-state index in [0.717, 1.165) is 10.5 Å². The van der Waals surface area contributed by atoms with Gasteiger partial charge >= 0.3 is 16.1 Å². The van der Waals surface area contributed by atoms with Crippen molar-refractivity contribution in [2.24, 2.45) is 0 Å². The molecule has 1 fully saturated rings. The Labute approximate surface area is 204 Å². The van der Waals surface area contributed by atoms with Crippen molar-refractivity contribution in [2.45, 2.75) is 11.8 Å². The average molecular weight is 541 g/mol. The number of urea groups is 1. The van der Waals surface area contributed by atoms with Gasteiger partial charge in [0.1, 0.15) is 10.5 Å². The average Bonchev–Trinajstić information content (AvgIpc) is 2.79. The second-order valence-electron chi connectivity index (χ2n) is 7.33. The predicted molar refractivity (Wildman–Crippen MR) is 129 cm³/mol. The van der Waals surface area contributed by atoms with Crippen molar-refractivity contribution in [3.05, 3.63) is 94.0 Å². The molecule has 4 amide bonds. The third-order valence-corrected chi connectivity index (χ3v) is 6.76. The monoisotopic (exact) mass is 540 g/mol. The molecule has 1 N–H and O–H groups in total. The number of hydrogen-bond donors (Lipinski definition) is 1. The van der Waals surface area contributed by atoms with Crippen LogP contribution < -0.4 is 14.4 Å². The SMILES string of the molecule is Cc1ccc(S(=O)(=O)Oc2ccc(/C=C3\C(=O)NC(=O)N(c4ccccc4)C3=O)cc2Br)cc1. The van der Waals surface area contributed by atoms with E-state index < -0.39 is 28.0 Å². The van der Waals surface area contributed by atoms with E-state index in [4.69, 9.17) is 4.18 Å². The molecule has 1 saturated heterocycles. The van der Waals surface area contributed by atoms with Crippen LogP contribution in [-0.4, -0.2) is 26.3 Å². The van der Waals surface area contributed by atoms with E-state index in [0.29, 0.717) is 11.3 Å². The smallest absolute Gasteiger partial charge is 0.339 e. The Balaban J connectivity index is 1.61. The fraction of sp³-hybridized carbons (Fsp3) is 0.0417. The van der Waals surface area contributed by atoms with Gasteiger partial charge in [0.25, 0.3) is 11.8 Å². The summed E-state index contributed by atoms with van der Waals surface area (Å²) < 4.78 is 30.7. The summed E-state index contributed by atoms with van der Waals surface area (Å²) in [5.41, 5.74) is 1.38. The molecule has 4 rings (SSSR count). The first-order valence-electron chi connectivity index (χ1n) is 9.93. The van der Waals surface area contributed by atoms with E-state index >= 15 is 0 Å². The van der Waals surface area contributed by atoms with Gasteiger partial charge in [0.2, 0.25) is 0 Å². The van der Waals surface area contributed by atoms with Gasteiger partial charge in [-0.3, -0.25) is 14.9 Å². The van der Waals surface area contributed by atoms with Gasteiger partial charge in [-0.25, -0.2) is 9.69 Å².